The van der Waals surface area contributed by atoms with Crippen molar-refractivity contribution in [3.05, 3.63) is 91.8 Å². The number of aryl methyl sites for hydroxylation is 2. The second-order valence-electron chi connectivity index (χ2n) is 11.8. The Morgan fingerprint density at radius 3 is 2.50 bits per heavy atom. The monoisotopic (exact) mass is 683 g/mol. The molecule has 13 heteroatoms. The van der Waals surface area contributed by atoms with E-state index in [0.29, 0.717) is 42.5 Å². The van der Waals surface area contributed by atoms with Crippen LogP contribution in [0.25, 0.3) is 5.00 Å². The Labute approximate surface area is 286 Å². The average molecular weight is 684 g/mol. The molecule has 0 saturated carbocycles. The van der Waals surface area contributed by atoms with Crippen LogP contribution < -0.4 is 11.1 Å². The number of likely N-dealkylation sites (tertiary alicyclic amines) is 1. The van der Waals surface area contributed by atoms with Crippen LogP contribution in [0, 0.1) is 38.5 Å². The lowest BCUT2D eigenvalue weighted by Crippen LogP contribution is -2.41. The number of anilines is 1. The molecule has 1 atom stereocenters. The number of hydrogen-bond acceptors (Lipinski definition) is 8. The second-order valence-corrected chi connectivity index (χ2v) is 13.5. The zero-order valence-corrected chi connectivity index (χ0v) is 28.3. The normalized spacial score (nSPS) is 15.8. The predicted molar refractivity (Wildman–Crippen MR) is 185 cm³/mol. The first-order valence-electron chi connectivity index (χ1n) is 15.6. The van der Waals surface area contributed by atoms with E-state index in [1.165, 1.54) is 17.0 Å². The van der Waals surface area contributed by atoms with E-state index >= 15 is 0 Å². The van der Waals surface area contributed by atoms with Gasteiger partial charge in [0.15, 0.2) is 5.82 Å². The number of rotatable bonds is 6. The third-order valence-electron chi connectivity index (χ3n) is 8.79. The van der Waals surface area contributed by atoms with Crippen molar-refractivity contribution >= 4 is 52.1 Å². The van der Waals surface area contributed by atoms with Crippen LogP contribution in [0.5, 0.6) is 0 Å². The highest BCUT2D eigenvalue weighted by atomic mass is 35.5. The number of carbonyl (C=O) groups excluding carboxylic acids is 2. The summed E-state index contributed by atoms with van der Waals surface area (Å²) in [5.41, 5.74) is 10.0. The topological polar surface area (TPSA) is 156 Å². The molecule has 6 rings (SSSR count). The van der Waals surface area contributed by atoms with Gasteiger partial charge in [-0.15, -0.1) is 21.5 Å². The molecule has 0 aliphatic carbocycles. The van der Waals surface area contributed by atoms with Gasteiger partial charge in [0.2, 0.25) is 11.8 Å². The highest BCUT2D eigenvalue weighted by molar-refractivity contribution is 7.15. The van der Waals surface area contributed by atoms with E-state index in [-0.39, 0.29) is 41.8 Å². The summed E-state index contributed by atoms with van der Waals surface area (Å²) in [6.45, 7) is 6.99. The fraction of sp³-hybridized carbons (Fsp3) is 0.314. The van der Waals surface area contributed by atoms with Crippen molar-refractivity contribution in [2.24, 2.45) is 16.6 Å². The van der Waals surface area contributed by atoms with Gasteiger partial charge in [-0.2, -0.15) is 0 Å². The Morgan fingerprint density at radius 2 is 1.81 bits per heavy atom. The van der Waals surface area contributed by atoms with Crippen molar-refractivity contribution in [3.63, 3.8) is 0 Å². The molecule has 4 aromatic rings. The molecule has 0 spiro atoms. The highest BCUT2D eigenvalue weighted by Crippen LogP contribution is 2.40. The number of carboxylic acids is 1. The number of halogens is 1. The number of nitrogens with zero attached hydrogens (tertiary/aromatic N) is 5. The Bertz CT molecular complexity index is 2010. The number of fused-ring (bicyclic) bond motifs is 3. The van der Waals surface area contributed by atoms with Crippen molar-refractivity contribution < 1.29 is 19.5 Å². The van der Waals surface area contributed by atoms with Crippen molar-refractivity contribution in [3.8, 4) is 16.8 Å². The van der Waals surface area contributed by atoms with Gasteiger partial charge in [-0.1, -0.05) is 35.6 Å². The van der Waals surface area contributed by atoms with Crippen LogP contribution in [0.15, 0.2) is 47.5 Å². The Morgan fingerprint density at radius 1 is 1.08 bits per heavy atom. The SMILES string of the molecule is Cc1sc2c(c1C)C(c1ccc(Cl)cc1)=N[C@@H](CC(=O)N1CCC(C(=O)Nc3ccc(C(=O)O)c(C#CCN)c3)CC1)c1nnc(C)n1-2. The number of amides is 2. The number of nitrogens with two attached hydrogens (primary N) is 1. The first-order valence-corrected chi connectivity index (χ1v) is 16.8. The van der Waals surface area contributed by atoms with Crippen LogP contribution in [-0.4, -0.2) is 67.9 Å². The first kappa shape index (κ1) is 33.1. The summed E-state index contributed by atoms with van der Waals surface area (Å²) in [6.07, 6.45) is 1.07. The van der Waals surface area contributed by atoms with E-state index in [0.717, 1.165) is 33.2 Å². The van der Waals surface area contributed by atoms with Crippen LogP contribution in [0.4, 0.5) is 5.69 Å². The molecule has 4 heterocycles. The summed E-state index contributed by atoms with van der Waals surface area (Å²) in [7, 11) is 0. The van der Waals surface area contributed by atoms with Crippen molar-refractivity contribution in [1.29, 1.82) is 0 Å². The van der Waals surface area contributed by atoms with E-state index < -0.39 is 12.0 Å². The van der Waals surface area contributed by atoms with Crippen LogP contribution in [-0.2, 0) is 9.59 Å². The molecule has 0 bridgehead atoms. The summed E-state index contributed by atoms with van der Waals surface area (Å²) in [5, 5.41) is 22.8. The third-order valence-corrected chi connectivity index (χ3v) is 10.2. The molecule has 2 amide bonds. The van der Waals surface area contributed by atoms with Crippen LogP contribution in [0.2, 0.25) is 5.02 Å². The molecule has 246 valence electrons. The van der Waals surface area contributed by atoms with Gasteiger partial charge in [0, 0.05) is 51.3 Å². The third kappa shape index (κ3) is 6.49. The number of hydrogen-bond donors (Lipinski definition) is 3. The largest absolute Gasteiger partial charge is 0.478 e. The molecule has 48 heavy (non-hydrogen) atoms. The molecule has 2 aliphatic rings. The quantitative estimate of drug-likeness (QED) is 0.240. The molecule has 2 aromatic carbocycles. The number of nitrogens with one attached hydrogen (secondary N) is 1. The zero-order valence-electron chi connectivity index (χ0n) is 26.7. The van der Waals surface area contributed by atoms with Gasteiger partial charge >= 0.3 is 5.97 Å². The summed E-state index contributed by atoms with van der Waals surface area (Å²) in [4.78, 5) is 46.7. The molecule has 0 unspecified atom stereocenters. The first-order chi connectivity index (χ1) is 23.0. The summed E-state index contributed by atoms with van der Waals surface area (Å²) < 4.78 is 2.02. The number of benzene rings is 2. The standard InChI is InChI=1S/C35H34ClN7O4S/c1-19-20(2)48-34-30(19)31(22-6-8-25(36)9-7-22)39-28(32-41-40-21(3)43(32)34)18-29(44)42-15-12-23(13-16-42)33(45)38-26-10-11-27(35(46)47)24(17-26)5-4-14-37/h6-11,17,23,28H,12-16,18,37H2,1-3H3,(H,38,45)(H,46,47)/t28-/m0/s1. The lowest BCUT2D eigenvalue weighted by atomic mass is 9.95. The predicted octanol–water partition coefficient (Wildman–Crippen LogP) is 5.08. The van der Waals surface area contributed by atoms with Gasteiger partial charge in [-0.05, 0) is 69.5 Å². The van der Waals surface area contributed by atoms with Gasteiger partial charge in [-0.3, -0.25) is 19.1 Å². The van der Waals surface area contributed by atoms with Gasteiger partial charge in [0.25, 0.3) is 0 Å². The maximum absolute atomic E-state index is 13.8. The maximum atomic E-state index is 13.8. The number of piperidine rings is 1. The van der Waals surface area contributed by atoms with E-state index in [1.807, 2.05) is 35.8 Å². The summed E-state index contributed by atoms with van der Waals surface area (Å²) in [6, 6.07) is 11.5. The Hall–Kier alpha value is -4.83. The van der Waals surface area contributed by atoms with Crippen LogP contribution in [0.3, 0.4) is 0 Å². The minimum absolute atomic E-state index is 0.0355. The van der Waals surface area contributed by atoms with E-state index in [4.69, 9.17) is 22.3 Å². The fourth-order valence-corrected chi connectivity index (χ4v) is 7.46. The van der Waals surface area contributed by atoms with Gasteiger partial charge in [-0.25, -0.2) is 4.79 Å². The maximum Gasteiger partial charge on any atom is 0.336 e. The van der Waals surface area contributed by atoms with Crippen molar-refractivity contribution in [2.45, 2.75) is 46.1 Å². The van der Waals surface area contributed by atoms with Crippen molar-refractivity contribution in [2.75, 3.05) is 25.0 Å². The zero-order chi connectivity index (χ0) is 34.1. The van der Waals surface area contributed by atoms with Crippen LogP contribution >= 0.6 is 22.9 Å². The minimum Gasteiger partial charge on any atom is -0.478 e. The fourth-order valence-electron chi connectivity index (χ4n) is 6.12. The number of thiophene rings is 1. The van der Waals surface area contributed by atoms with Gasteiger partial charge in [0.1, 0.15) is 16.9 Å². The number of aromatic carboxylic acids is 1. The lowest BCUT2D eigenvalue weighted by molar-refractivity contribution is -0.134. The molecule has 2 aliphatic heterocycles. The number of carbonyl (C=O) groups is 3. The molecule has 0 radical (unpaired) electrons. The van der Waals surface area contributed by atoms with Crippen molar-refractivity contribution in [1.82, 2.24) is 19.7 Å². The smallest absolute Gasteiger partial charge is 0.336 e. The number of aliphatic imine (C=N–C) groups is 1. The Balaban J connectivity index is 1.19. The molecule has 2 aromatic heterocycles. The van der Waals surface area contributed by atoms with Gasteiger partial charge < -0.3 is 21.1 Å². The Kier molecular flexibility index (Phi) is 9.46. The van der Waals surface area contributed by atoms with E-state index in [2.05, 4.69) is 41.2 Å². The average Bonchev–Trinajstić information content (AvgIpc) is 3.55. The van der Waals surface area contributed by atoms with E-state index in [1.54, 1.807) is 22.3 Å². The number of carboxylic acid groups (broad SMARTS) is 1. The molecule has 11 nitrogen and oxygen atoms in total. The number of aromatic nitrogens is 3. The minimum atomic E-state index is -1.11. The second kappa shape index (κ2) is 13.7. The molecule has 1 saturated heterocycles. The molecular formula is C35H34ClN7O4S. The van der Waals surface area contributed by atoms with E-state index in [9.17, 15) is 19.5 Å². The van der Waals surface area contributed by atoms with Gasteiger partial charge in [0.05, 0.1) is 24.2 Å². The molecule has 1 fully saturated rings. The molecule has 4 N–H and O–H groups in total. The summed E-state index contributed by atoms with van der Waals surface area (Å²) in [5.74, 6) is 5.07. The lowest BCUT2D eigenvalue weighted by Gasteiger charge is -2.32. The molecular weight excluding hydrogens is 650 g/mol. The highest BCUT2D eigenvalue weighted by Gasteiger charge is 2.34. The summed E-state index contributed by atoms with van der Waals surface area (Å²) >= 11 is 7.88. The van der Waals surface area contributed by atoms with Crippen LogP contribution in [0.1, 0.15) is 74.4 Å².